The summed E-state index contributed by atoms with van der Waals surface area (Å²) >= 11 is 0. The first-order valence-corrected chi connectivity index (χ1v) is 8.02. The number of furan rings is 1. The monoisotopic (exact) mass is 325 g/mol. The molecule has 1 aliphatic heterocycles. The van der Waals surface area contributed by atoms with E-state index in [-0.39, 0.29) is 11.9 Å². The third-order valence-electron chi connectivity index (χ3n) is 4.47. The van der Waals surface area contributed by atoms with E-state index in [1.54, 1.807) is 12.3 Å². The number of aromatic nitrogens is 4. The van der Waals surface area contributed by atoms with Crippen LogP contribution in [-0.4, -0.2) is 36.7 Å². The first-order valence-electron chi connectivity index (χ1n) is 8.02. The van der Waals surface area contributed by atoms with Crippen LogP contribution in [0.25, 0.3) is 0 Å². The van der Waals surface area contributed by atoms with E-state index < -0.39 is 0 Å². The number of imidazole rings is 1. The summed E-state index contributed by atoms with van der Waals surface area (Å²) in [6.45, 7) is 5.88. The number of amides is 1. The maximum atomic E-state index is 12.7. The second kappa shape index (κ2) is 5.67. The first-order chi connectivity index (χ1) is 11.6. The summed E-state index contributed by atoms with van der Waals surface area (Å²) < 4.78 is 9.54. The molecule has 0 radical (unpaired) electrons. The van der Waals surface area contributed by atoms with Crippen molar-refractivity contribution in [3.8, 4) is 0 Å². The van der Waals surface area contributed by atoms with Crippen LogP contribution in [0.2, 0.25) is 0 Å². The van der Waals surface area contributed by atoms with Gasteiger partial charge in [0.1, 0.15) is 11.6 Å². The molecule has 0 aromatic carbocycles. The third kappa shape index (κ3) is 2.42. The van der Waals surface area contributed by atoms with Crippen LogP contribution in [0.15, 0.2) is 41.2 Å². The molecule has 0 aliphatic carbocycles. The number of hydrogen-bond acceptors (Lipinski definition) is 4. The van der Waals surface area contributed by atoms with E-state index in [2.05, 4.69) is 14.6 Å². The second-order valence-electron chi connectivity index (χ2n) is 6.05. The number of hydrogen-bond donors (Lipinski definition) is 0. The van der Waals surface area contributed by atoms with E-state index in [1.165, 1.54) is 0 Å². The van der Waals surface area contributed by atoms with Gasteiger partial charge in [-0.25, -0.2) is 4.98 Å². The van der Waals surface area contributed by atoms with Gasteiger partial charge < -0.3 is 13.9 Å². The Morgan fingerprint density at radius 2 is 2.25 bits per heavy atom. The largest absolute Gasteiger partial charge is 0.456 e. The number of fused-ring (bicyclic) bond motifs is 1. The van der Waals surface area contributed by atoms with Crippen molar-refractivity contribution in [1.29, 1.82) is 0 Å². The highest BCUT2D eigenvalue weighted by atomic mass is 16.3. The van der Waals surface area contributed by atoms with Gasteiger partial charge >= 0.3 is 0 Å². The summed E-state index contributed by atoms with van der Waals surface area (Å²) in [6, 6.07) is 5.35. The molecule has 1 aliphatic rings. The van der Waals surface area contributed by atoms with Crippen LogP contribution in [0, 0.1) is 6.92 Å². The maximum absolute atomic E-state index is 12.7. The molecule has 0 fully saturated rings. The fraction of sp³-hybridized carbons (Fsp3) is 0.353. The number of nitrogens with zero attached hydrogens (tertiary/aromatic N) is 5. The Labute approximate surface area is 139 Å². The lowest BCUT2D eigenvalue weighted by molar-refractivity contribution is 0.0602. The van der Waals surface area contributed by atoms with E-state index in [4.69, 9.17) is 4.42 Å². The zero-order valence-electron chi connectivity index (χ0n) is 13.7. The molecular formula is C17H19N5O2. The average Bonchev–Trinajstić information content (AvgIpc) is 3.30. The summed E-state index contributed by atoms with van der Waals surface area (Å²) in [6.07, 6.45) is 5.57. The molecule has 124 valence electrons. The molecule has 0 spiro atoms. The van der Waals surface area contributed by atoms with Crippen molar-refractivity contribution in [2.45, 2.75) is 33.0 Å². The molecule has 0 saturated heterocycles. The van der Waals surface area contributed by atoms with Crippen molar-refractivity contribution in [1.82, 2.24) is 24.2 Å². The van der Waals surface area contributed by atoms with Crippen LogP contribution >= 0.6 is 0 Å². The second-order valence-corrected chi connectivity index (χ2v) is 6.05. The Bertz CT molecular complexity index is 862. The Kier molecular flexibility index (Phi) is 3.48. The van der Waals surface area contributed by atoms with Crippen LogP contribution in [0.4, 0.5) is 0 Å². The fourth-order valence-electron chi connectivity index (χ4n) is 3.21. The molecule has 1 amide bonds. The highest BCUT2D eigenvalue weighted by Crippen LogP contribution is 2.27. The Hall–Kier alpha value is -2.83. The average molecular weight is 325 g/mol. The van der Waals surface area contributed by atoms with Crippen molar-refractivity contribution < 1.29 is 9.21 Å². The maximum Gasteiger partial charge on any atom is 0.290 e. The highest BCUT2D eigenvalue weighted by Gasteiger charge is 2.32. The van der Waals surface area contributed by atoms with Gasteiger partial charge in [0.2, 0.25) is 0 Å². The lowest BCUT2D eigenvalue weighted by Gasteiger charge is -2.33. The minimum absolute atomic E-state index is 0.0847. The standard InChI is InChI=1S/C17H19N5O2/c1-12-4-5-15(24-12)17(23)21-8-9-22-14(10-18-16(22)13(21)2)11-20-7-3-6-19-20/h3-7,10,13H,8-9,11H2,1-2H3. The molecule has 0 N–H and O–H groups in total. The Morgan fingerprint density at radius 1 is 1.38 bits per heavy atom. The van der Waals surface area contributed by atoms with Gasteiger partial charge in [0.05, 0.1) is 24.5 Å². The molecule has 4 heterocycles. The van der Waals surface area contributed by atoms with Crippen molar-refractivity contribution in [2.24, 2.45) is 0 Å². The predicted octanol–water partition coefficient (Wildman–Crippen LogP) is 2.25. The minimum Gasteiger partial charge on any atom is -0.456 e. The van der Waals surface area contributed by atoms with E-state index in [9.17, 15) is 4.79 Å². The number of carbonyl (C=O) groups excluding carboxylic acids is 1. The highest BCUT2D eigenvalue weighted by molar-refractivity contribution is 5.91. The summed E-state index contributed by atoms with van der Waals surface area (Å²) in [5.74, 6) is 1.95. The van der Waals surface area contributed by atoms with Gasteiger partial charge in [-0.1, -0.05) is 0 Å². The molecular weight excluding hydrogens is 306 g/mol. The third-order valence-corrected chi connectivity index (χ3v) is 4.47. The van der Waals surface area contributed by atoms with Gasteiger partial charge in [0.25, 0.3) is 5.91 Å². The number of aryl methyl sites for hydroxylation is 1. The number of carbonyl (C=O) groups is 1. The van der Waals surface area contributed by atoms with Crippen LogP contribution in [0.5, 0.6) is 0 Å². The van der Waals surface area contributed by atoms with E-state index in [1.807, 2.05) is 48.0 Å². The number of rotatable bonds is 3. The Balaban J connectivity index is 1.58. The summed E-state index contributed by atoms with van der Waals surface area (Å²) in [5.41, 5.74) is 1.10. The summed E-state index contributed by atoms with van der Waals surface area (Å²) in [7, 11) is 0. The van der Waals surface area contributed by atoms with Crippen molar-refractivity contribution in [2.75, 3.05) is 6.54 Å². The fourth-order valence-corrected chi connectivity index (χ4v) is 3.21. The van der Waals surface area contributed by atoms with E-state index >= 15 is 0 Å². The SMILES string of the molecule is Cc1ccc(C(=O)N2CCn3c(Cn4cccn4)cnc3C2C)o1. The zero-order valence-corrected chi connectivity index (χ0v) is 13.7. The molecule has 1 unspecified atom stereocenters. The molecule has 7 nitrogen and oxygen atoms in total. The molecule has 4 rings (SSSR count). The van der Waals surface area contributed by atoms with Crippen LogP contribution < -0.4 is 0 Å². The zero-order chi connectivity index (χ0) is 16.7. The molecule has 0 saturated carbocycles. The van der Waals surface area contributed by atoms with Crippen LogP contribution in [0.3, 0.4) is 0 Å². The minimum atomic E-state index is -0.0944. The Morgan fingerprint density at radius 3 is 2.96 bits per heavy atom. The van der Waals surface area contributed by atoms with Crippen LogP contribution in [-0.2, 0) is 13.1 Å². The van der Waals surface area contributed by atoms with Crippen molar-refractivity contribution >= 4 is 5.91 Å². The lowest BCUT2D eigenvalue weighted by Crippen LogP contribution is -2.41. The van der Waals surface area contributed by atoms with Crippen LogP contribution in [0.1, 0.15) is 40.8 Å². The molecule has 24 heavy (non-hydrogen) atoms. The van der Waals surface area contributed by atoms with Gasteiger partial charge in [-0.3, -0.25) is 9.48 Å². The molecule has 1 atom stereocenters. The molecule has 0 bridgehead atoms. The summed E-state index contributed by atoms with van der Waals surface area (Å²) in [4.78, 5) is 19.0. The van der Waals surface area contributed by atoms with Crippen molar-refractivity contribution in [3.05, 3.63) is 59.8 Å². The smallest absolute Gasteiger partial charge is 0.290 e. The van der Waals surface area contributed by atoms with Gasteiger partial charge in [-0.05, 0) is 32.0 Å². The molecule has 3 aromatic heterocycles. The predicted molar refractivity (Wildman–Crippen MR) is 86.5 cm³/mol. The molecule has 7 heteroatoms. The van der Waals surface area contributed by atoms with E-state index in [0.717, 1.165) is 23.8 Å². The molecule has 3 aromatic rings. The topological polar surface area (TPSA) is 69.1 Å². The van der Waals surface area contributed by atoms with Gasteiger partial charge in [-0.2, -0.15) is 5.10 Å². The van der Waals surface area contributed by atoms with E-state index in [0.29, 0.717) is 18.8 Å². The lowest BCUT2D eigenvalue weighted by atomic mass is 10.2. The van der Waals surface area contributed by atoms with Crippen molar-refractivity contribution in [3.63, 3.8) is 0 Å². The normalized spacial score (nSPS) is 17.1. The first kappa shape index (κ1) is 14.7. The van der Waals surface area contributed by atoms with Gasteiger partial charge in [0.15, 0.2) is 5.76 Å². The summed E-state index contributed by atoms with van der Waals surface area (Å²) in [5, 5.41) is 4.24. The van der Waals surface area contributed by atoms with Gasteiger partial charge in [0, 0.05) is 25.5 Å². The quantitative estimate of drug-likeness (QED) is 0.740. The van der Waals surface area contributed by atoms with Gasteiger partial charge in [-0.15, -0.1) is 0 Å².